The lowest BCUT2D eigenvalue weighted by atomic mass is 9.90. The van der Waals surface area contributed by atoms with Gasteiger partial charge in [-0.05, 0) is 25.2 Å². The molecule has 0 radical (unpaired) electrons. The second-order valence-corrected chi connectivity index (χ2v) is 5.05. The third-order valence-corrected chi connectivity index (χ3v) is 3.18. The lowest BCUT2D eigenvalue weighted by Crippen LogP contribution is -2.43. The first kappa shape index (κ1) is 13.0. The highest BCUT2D eigenvalue weighted by Gasteiger charge is 2.23. The van der Waals surface area contributed by atoms with E-state index in [1.807, 2.05) is 0 Å². The first-order valence-corrected chi connectivity index (χ1v) is 6.57. The maximum Gasteiger partial charge on any atom is 0.0509 e. The summed E-state index contributed by atoms with van der Waals surface area (Å²) in [5.74, 6) is 0.743. The van der Waals surface area contributed by atoms with Gasteiger partial charge in [0.15, 0.2) is 0 Å². The van der Waals surface area contributed by atoms with Crippen molar-refractivity contribution < 1.29 is 4.74 Å². The monoisotopic (exact) mass is 213 g/mol. The molecule has 0 spiro atoms. The van der Waals surface area contributed by atoms with Crippen LogP contribution >= 0.6 is 0 Å². The first-order valence-electron chi connectivity index (χ1n) is 6.57. The van der Waals surface area contributed by atoms with Crippen LogP contribution in [0.15, 0.2) is 0 Å². The van der Waals surface area contributed by atoms with Gasteiger partial charge in [0.05, 0.1) is 6.61 Å². The molecule has 1 aliphatic heterocycles. The van der Waals surface area contributed by atoms with Crippen LogP contribution in [0.25, 0.3) is 0 Å². The Kier molecular flexibility index (Phi) is 6.26. The molecule has 0 aromatic heterocycles. The Morgan fingerprint density at radius 3 is 2.73 bits per heavy atom. The molecule has 1 N–H and O–H groups in total. The maximum atomic E-state index is 5.58. The van der Waals surface area contributed by atoms with Crippen LogP contribution in [-0.4, -0.2) is 25.3 Å². The number of ether oxygens (including phenoxy) is 1. The molecule has 0 saturated carbocycles. The predicted molar refractivity (Wildman–Crippen MR) is 65.1 cm³/mol. The topological polar surface area (TPSA) is 21.3 Å². The quantitative estimate of drug-likeness (QED) is 0.732. The largest absolute Gasteiger partial charge is 0.381 e. The lowest BCUT2D eigenvalue weighted by Gasteiger charge is -2.32. The van der Waals surface area contributed by atoms with Crippen molar-refractivity contribution in [3.05, 3.63) is 0 Å². The summed E-state index contributed by atoms with van der Waals surface area (Å²) < 4.78 is 5.58. The van der Waals surface area contributed by atoms with Gasteiger partial charge in [-0.25, -0.2) is 0 Å². The minimum absolute atomic E-state index is 0.591. The van der Waals surface area contributed by atoms with Crippen molar-refractivity contribution in [2.45, 2.75) is 65.0 Å². The Balaban J connectivity index is 2.37. The summed E-state index contributed by atoms with van der Waals surface area (Å²) >= 11 is 0. The van der Waals surface area contributed by atoms with Crippen LogP contribution in [0.2, 0.25) is 0 Å². The van der Waals surface area contributed by atoms with E-state index in [-0.39, 0.29) is 0 Å². The van der Waals surface area contributed by atoms with E-state index in [0.717, 1.165) is 19.1 Å². The molecule has 1 rings (SSSR count). The van der Waals surface area contributed by atoms with E-state index >= 15 is 0 Å². The summed E-state index contributed by atoms with van der Waals surface area (Å²) in [4.78, 5) is 0. The highest BCUT2D eigenvalue weighted by atomic mass is 16.5. The highest BCUT2D eigenvalue weighted by Crippen LogP contribution is 2.21. The Morgan fingerprint density at radius 2 is 2.20 bits per heavy atom. The van der Waals surface area contributed by atoms with Gasteiger partial charge in [-0.1, -0.05) is 33.6 Å². The second kappa shape index (κ2) is 7.24. The average molecular weight is 213 g/mol. The van der Waals surface area contributed by atoms with Crippen LogP contribution in [0, 0.1) is 5.92 Å². The molecular formula is C13H27NO. The van der Waals surface area contributed by atoms with Crippen molar-refractivity contribution >= 4 is 0 Å². The lowest BCUT2D eigenvalue weighted by molar-refractivity contribution is 0.0362. The Morgan fingerprint density at radius 1 is 1.40 bits per heavy atom. The minimum atomic E-state index is 0.591. The zero-order valence-electron chi connectivity index (χ0n) is 10.6. The fraction of sp³-hybridized carbons (Fsp3) is 1.00. The van der Waals surface area contributed by atoms with Gasteiger partial charge in [0, 0.05) is 18.7 Å². The molecule has 90 valence electrons. The van der Waals surface area contributed by atoms with Crippen LogP contribution in [-0.2, 0) is 4.74 Å². The summed E-state index contributed by atoms with van der Waals surface area (Å²) in [5.41, 5.74) is 0. The predicted octanol–water partition coefficient (Wildman–Crippen LogP) is 2.97. The van der Waals surface area contributed by atoms with E-state index in [1.165, 1.54) is 32.1 Å². The second-order valence-electron chi connectivity index (χ2n) is 5.05. The number of unbranched alkanes of at least 4 members (excludes halogenated alkanes) is 1. The van der Waals surface area contributed by atoms with Crippen LogP contribution in [0.3, 0.4) is 0 Å². The number of hydrogen-bond acceptors (Lipinski definition) is 2. The molecule has 1 fully saturated rings. The number of nitrogens with one attached hydrogen (secondary N) is 1. The van der Waals surface area contributed by atoms with Gasteiger partial charge >= 0.3 is 0 Å². The van der Waals surface area contributed by atoms with Gasteiger partial charge in [0.1, 0.15) is 0 Å². The summed E-state index contributed by atoms with van der Waals surface area (Å²) in [6.45, 7) is 8.68. The molecule has 2 heteroatoms. The zero-order chi connectivity index (χ0) is 11.1. The van der Waals surface area contributed by atoms with Gasteiger partial charge in [0.2, 0.25) is 0 Å². The molecule has 2 atom stereocenters. The van der Waals surface area contributed by atoms with E-state index in [1.54, 1.807) is 0 Å². The van der Waals surface area contributed by atoms with Crippen molar-refractivity contribution in [2.24, 2.45) is 5.92 Å². The Hall–Kier alpha value is -0.0800. The summed E-state index contributed by atoms with van der Waals surface area (Å²) in [7, 11) is 0. The molecule has 2 nitrogen and oxygen atoms in total. The van der Waals surface area contributed by atoms with Gasteiger partial charge in [-0.3, -0.25) is 0 Å². The summed E-state index contributed by atoms with van der Waals surface area (Å²) in [6, 6.07) is 1.26. The minimum Gasteiger partial charge on any atom is -0.381 e. The normalized spacial score (nSPS) is 24.4. The molecular weight excluding hydrogens is 186 g/mol. The van der Waals surface area contributed by atoms with Crippen molar-refractivity contribution in [3.8, 4) is 0 Å². The number of rotatable bonds is 6. The van der Waals surface area contributed by atoms with Gasteiger partial charge in [0.25, 0.3) is 0 Å². The van der Waals surface area contributed by atoms with E-state index < -0.39 is 0 Å². The molecule has 1 saturated heterocycles. The zero-order valence-corrected chi connectivity index (χ0v) is 10.6. The SMILES string of the molecule is CCCCC(NC(C)C)C1CCCOC1. The third kappa shape index (κ3) is 4.98. The van der Waals surface area contributed by atoms with Crippen molar-refractivity contribution in [1.29, 1.82) is 0 Å². The first-order chi connectivity index (χ1) is 7.24. The van der Waals surface area contributed by atoms with Gasteiger partial charge in [-0.2, -0.15) is 0 Å². The molecule has 0 amide bonds. The van der Waals surface area contributed by atoms with E-state index in [0.29, 0.717) is 12.1 Å². The molecule has 0 aromatic rings. The molecule has 0 aliphatic carbocycles. The van der Waals surface area contributed by atoms with Crippen LogP contribution in [0.4, 0.5) is 0 Å². The molecule has 1 aliphatic rings. The van der Waals surface area contributed by atoms with Crippen LogP contribution in [0.5, 0.6) is 0 Å². The third-order valence-electron chi connectivity index (χ3n) is 3.18. The van der Waals surface area contributed by atoms with E-state index in [2.05, 4.69) is 26.1 Å². The average Bonchev–Trinajstić information content (AvgIpc) is 2.25. The molecule has 1 heterocycles. The standard InChI is InChI=1S/C13H27NO/c1-4-5-8-13(14-11(2)3)12-7-6-9-15-10-12/h11-14H,4-10H2,1-3H3. The number of hydrogen-bond donors (Lipinski definition) is 1. The van der Waals surface area contributed by atoms with Gasteiger partial charge < -0.3 is 10.1 Å². The Labute approximate surface area is 94.8 Å². The fourth-order valence-electron chi connectivity index (χ4n) is 2.39. The molecule has 15 heavy (non-hydrogen) atoms. The smallest absolute Gasteiger partial charge is 0.0509 e. The van der Waals surface area contributed by atoms with Crippen LogP contribution in [0.1, 0.15) is 52.9 Å². The fourth-order valence-corrected chi connectivity index (χ4v) is 2.39. The molecule has 0 bridgehead atoms. The molecule has 2 unspecified atom stereocenters. The molecule has 0 aromatic carbocycles. The van der Waals surface area contributed by atoms with Crippen molar-refractivity contribution in [2.75, 3.05) is 13.2 Å². The van der Waals surface area contributed by atoms with E-state index in [4.69, 9.17) is 4.74 Å². The van der Waals surface area contributed by atoms with E-state index in [9.17, 15) is 0 Å². The van der Waals surface area contributed by atoms with Crippen LogP contribution < -0.4 is 5.32 Å². The van der Waals surface area contributed by atoms with Crippen molar-refractivity contribution in [1.82, 2.24) is 5.32 Å². The Bertz CT molecular complexity index is 153. The summed E-state index contributed by atoms with van der Waals surface area (Å²) in [6.07, 6.45) is 6.52. The van der Waals surface area contributed by atoms with Crippen molar-refractivity contribution in [3.63, 3.8) is 0 Å². The highest BCUT2D eigenvalue weighted by molar-refractivity contribution is 4.79. The van der Waals surface area contributed by atoms with Gasteiger partial charge in [-0.15, -0.1) is 0 Å². The summed E-state index contributed by atoms with van der Waals surface area (Å²) in [5, 5.41) is 3.70. The maximum absolute atomic E-state index is 5.58.